The van der Waals surface area contributed by atoms with Gasteiger partial charge in [-0.2, -0.15) is 0 Å². The second-order valence-corrected chi connectivity index (χ2v) is 6.46. The summed E-state index contributed by atoms with van der Waals surface area (Å²) in [6, 6.07) is 11.6. The smallest absolute Gasteiger partial charge is 0.188 e. The molecule has 2 aromatic carbocycles. The molecule has 0 saturated heterocycles. The van der Waals surface area contributed by atoms with E-state index in [0.29, 0.717) is 10.8 Å². The van der Waals surface area contributed by atoms with Gasteiger partial charge in [0.25, 0.3) is 0 Å². The number of hydrogen-bond donors (Lipinski definition) is 1. The average Bonchev–Trinajstić information content (AvgIpc) is 2.82. The van der Waals surface area contributed by atoms with Crippen LogP contribution in [-0.4, -0.2) is 12.1 Å². The van der Waals surface area contributed by atoms with Crippen LogP contribution >= 0.6 is 38.9 Å². The summed E-state index contributed by atoms with van der Waals surface area (Å²) in [5.74, 6) is 0.639. The minimum absolute atomic E-state index is 0.589. The van der Waals surface area contributed by atoms with Gasteiger partial charge in [-0.1, -0.05) is 38.9 Å². The Morgan fingerprint density at radius 2 is 2.10 bits per heavy atom. The van der Waals surface area contributed by atoms with Crippen LogP contribution in [0.4, 0.5) is 10.8 Å². The molecule has 3 nitrogen and oxygen atoms in total. The van der Waals surface area contributed by atoms with E-state index >= 15 is 0 Å². The summed E-state index contributed by atoms with van der Waals surface area (Å²) < 4.78 is 7.36. The Morgan fingerprint density at radius 1 is 1.25 bits per heavy atom. The first-order valence-electron chi connectivity index (χ1n) is 5.82. The van der Waals surface area contributed by atoms with Crippen molar-refractivity contribution in [3.63, 3.8) is 0 Å². The van der Waals surface area contributed by atoms with Crippen LogP contribution in [-0.2, 0) is 0 Å². The van der Waals surface area contributed by atoms with E-state index in [1.54, 1.807) is 24.5 Å². The predicted molar refractivity (Wildman–Crippen MR) is 88.6 cm³/mol. The van der Waals surface area contributed by atoms with Crippen molar-refractivity contribution < 1.29 is 4.74 Å². The lowest BCUT2D eigenvalue weighted by atomic mass is 10.3. The number of hydrogen-bond acceptors (Lipinski definition) is 4. The minimum atomic E-state index is 0.589. The lowest BCUT2D eigenvalue weighted by Gasteiger charge is -2.06. The summed E-state index contributed by atoms with van der Waals surface area (Å²) in [5, 5.41) is 4.69. The molecule has 0 aliphatic rings. The lowest BCUT2D eigenvalue weighted by Crippen LogP contribution is -1.91. The van der Waals surface area contributed by atoms with Gasteiger partial charge in [0.15, 0.2) is 5.13 Å². The van der Waals surface area contributed by atoms with E-state index < -0.39 is 0 Å². The third-order valence-corrected chi connectivity index (χ3v) is 4.51. The standard InChI is InChI=1S/C14H10BrClN2OS/c1-19-12-7-9(3-4-10(12)16)17-14-18-11-6-8(15)2-5-13(11)20-14/h2-7H,1H3,(H,17,18). The number of nitrogens with one attached hydrogen (secondary N) is 1. The normalized spacial score (nSPS) is 10.8. The zero-order valence-electron chi connectivity index (χ0n) is 10.5. The van der Waals surface area contributed by atoms with Gasteiger partial charge < -0.3 is 10.1 Å². The maximum atomic E-state index is 6.01. The summed E-state index contributed by atoms with van der Waals surface area (Å²) in [6.07, 6.45) is 0. The van der Waals surface area contributed by atoms with Crippen molar-refractivity contribution >= 4 is 59.9 Å². The number of aromatic nitrogens is 1. The van der Waals surface area contributed by atoms with E-state index in [9.17, 15) is 0 Å². The summed E-state index contributed by atoms with van der Waals surface area (Å²) >= 11 is 11.1. The fraction of sp³-hybridized carbons (Fsp3) is 0.0714. The van der Waals surface area contributed by atoms with Crippen molar-refractivity contribution in [1.82, 2.24) is 4.98 Å². The van der Waals surface area contributed by atoms with E-state index in [4.69, 9.17) is 16.3 Å². The van der Waals surface area contributed by atoms with Gasteiger partial charge in [-0.25, -0.2) is 4.98 Å². The van der Waals surface area contributed by atoms with Crippen molar-refractivity contribution in [2.75, 3.05) is 12.4 Å². The van der Waals surface area contributed by atoms with Crippen molar-refractivity contribution in [1.29, 1.82) is 0 Å². The fourth-order valence-electron chi connectivity index (χ4n) is 1.82. The topological polar surface area (TPSA) is 34.1 Å². The molecule has 3 aromatic rings. The molecule has 1 N–H and O–H groups in total. The Kier molecular flexibility index (Phi) is 3.83. The van der Waals surface area contributed by atoms with Crippen molar-refractivity contribution in [3.05, 3.63) is 45.9 Å². The van der Waals surface area contributed by atoms with E-state index in [0.717, 1.165) is 25.5 Å². The molecule has 0 aliphatic heterocycles. The highest BCUT2D eigenvalue weighted by atomic mass is 79.9. The molecule has 0 unspecified atom stereocenters. The summed E-state index contributed by atoms with van der Waals surface area (Å²) in [7, 11) is 1.60. The molecule has 0 radical (unpaired) electrons. The Morgan fingerprint density at radius 3 is 2.90 bits per heavy atom. The summed E-state index contributed by atoms with van der Waals surface area (Å²) in [6.45, 7) is 0. The van der Waals surface area contributed by atoms with Crippen LogP contribution < -0.4 is 10.1 Å². The van der Waals surface area contributed by atoms with Crippen molar-refractivity contribution in [2.24, 2.45) is 0 Å². The second kappa shape index (κ2) is 5.60. The van der Waals surface area contributed by atoms with Crippen LogP contribution in [0.5, 0.6) is 5.75 Å². The maximum absolute atomic E-state index is 6.01. The maximum Gasteiger partial charge on any atom is 0.188 e. The van der Waals surface area contributed by atoms with Gasteiger partial charge >= 0.3 is 0 Å². The fourth-order valence-corrected chi connectivity index (χ4v) is 3.23. The molecular weight excluding hydrogens is 360 g/mol. The van der Waals surface area contributed by atoms with Crippen molar-refractivity contribution in [3.8, 4) is 5.75 Å². The highest BCUT2D eigenvalue weighted by molar-refractivity contribution is 9.10. The number of nitrogens with zero attached hydrogens (tertiary/aromatic N) is 1. The number of anilines is 2. The molecule has 0 aliphatic carbocycles. The number of halogens is 2. The molecule has 1 heterocycles. The second-order valence-electron chi connectivity index (χ2n) is 4.11. The number of rotatable bonds is 3. The summed E-state index contributed by atoms with van der Waals surface area (Å²) in [5.41, 5.74) is 1.86. The van der Waals surface area contributed by atoms with E-state index in [1.165, 1.54) is 0 Å². The Bertz CT molecular complexity index is 775. The third kappa shape index (κ3) is 2.75. The lowest BCUT2D eigenvalue weighted by molar-refractivity contribution is 0.415. The molecule has 0 fully saturated rings. The van der Waals surface area contributed by atoms with Crippen LogP contribution in [0.2, 0.25) is 5.02 Å². The molecular formula is C14H10BrClN2OS. The van der Waals surface area contributed by atoms with Crippen LogP contribution in [0.3, 0.4) is 0 Å². The number of fused-ring (bicyclic) bond motifs is 1. The molecule has 1 aromatic heterocycles. The first-order valence-corrected chi connectivity index (χ1v) is 7.81. The quantitative estimate of drug-likeness (QED) is 0.665. The molecule has 0 spiro atoms. The van der Waals surface area contributed by atoms with E-state index in [-0.39, 0.29) is 0 Å². The van der Waals surface area contributed by atoms with Crippen LogP contribution in [0.25, 0.3) is 10.2 Å². The van der Waals surface area contributed by atoms with Gasteiger partial charge in [0, 0.05) is 16.2 Å². The molecule has 0 amide bonds. The first kappa shape index (κ1) is 13.7. The molecule has 0 saturated carbocycles. The molecule has 6 heteroatoms. The highest BCUT2D eigenvalue weighted by Gasteiger charge is 2.06. The van der Waals surface area contributed by atoms with Gasteiger partial charge in [-0.3, -0.25) is 0 Å². The zero-order chi connectivity index (χ0) is 14.1. The molecule has 20 heavy (non-hydrogen) atoms. The average molecular weight is 370 g/mol. The number of ether oxygens (including phenoxy) is 1. The van der Waals surface area contributed by atoms with Gasteiger partial charge in [0.2, 0.25) is 0 Å². The molecule has 3 rings (SSSR count). The van der Waals surface area contributed by atoms with Crippen molar-refractivity contribution in [2.45, 2.75) is 0 Å². The predicted octanol–water partition coefficient (Wildman–Crippen LogP) is 5.46. The zero-order valence-corrected chi connectivity index (χ0v) is 13.6. The SMILES string of the molecule is COc1cc(Nc2nc3cc(Br)ccc3s2)ccc1Cl. The number of benzene rings is 2. The van der Waals surface area contributed by atoms with Crippen LogP contribution in [0.1, 0.15) is 0 Å². The van der Waals surface area contributed by atoms with Gasteiger partial charge in [-0.15, -0.1) is 0 Å². The largest absolute Gasteiger partial charge is 0.495 e. The molecule has 102 valence electrons. The Hall–Kier alpha value is -1.30. The Balaban J connectivity index is 1.92. The van der Waals surface area contributed by atoms with Crippen LogP contribution in [0.15, 0.2) is 40.9 Å². The van der Waals surface area contributed by atoms with E-state index in [2.05, 4.69) is 26.2 Å². The van der Waals surface area contributed by atoms with Crippen LogP contribution in [0, 0.1) is 0 Å². The highest BCUT2D eigenvalue weighted by Crippen LogP contribution is 2.32. The first-order chi connectivity index (χ1) is 9.65. The van der Waals surface area contributed by atoms with E-state index in [1.807, 2.05) is 30.3 Å². The molecule has 0 atom stereocenters. The number of methoxy groups -OCH3 is 1. The summed E-state index contributed by atoms with van der Waals surface area (Å²) in [4.78, 5) is 4.55. The van der Waals surface area contributed by atoms with Gasteiger partial charge in [0.1, 0.15) is 5.75 Å². The third-order valence-electron chi connectivity index (χ3n) is 2.75. The Labute approximate surface area is 133 Å². The van der Waals surface area contributed by atoms with Gasteiger partial charge in [0.05, 0.1) is 22.3 Å². The molecule has 0 bridgehead atoms. The van der Waals surface area contributed by atoms with Gasteiger partial charge in [-0.05, 0) is 30.3 Å². The minimum Gasteiger partial charge on any atom is -0.495 e. The number of thiazole rings is 1. The monoisotopic (exact) mass is 368 g/mol.